The SMILES string of the molecule is CCCCc1ccc(OCC2CCC(c3ccc(-c4ccc(CCC)cc4)c(F)c3F)CC2)c(F)c1F. The Hall–Kier alpha value is -2.82. The molecule has 0 spiro atoms. The molecule has 37 heavy (non-hydrogen) atoms. The summed E-state index contributed by atoms with van der Waals surface area (Å²) in [6.45, 7) is 4.39. The average molecular weight is 513 g/mol. The summed E-state index contributed by atoms with van der Waals surface area (Å²) in [6.07, 6.45) is 7.12. The van der Waals surface area contributed by atoms with E-state index in [0.717, 1.165) is 38.5 Å². The van der Waals surface area contributed by atoms with Gasteiger partial charge in [0.25, 0.3) is 0 Å². The summed E-state index contributed by atoms with van der Waals surface area (Å²) in [5.41, 5.74) is 2.92. The maximum Gasteiger partial charge on any atom is 0.200 e. The normalized spacial score (nSPS) is 17.7. The van der Waals surface area contributed by atoms with Crippen LogP contribution in [0, 0.1) is 29.2 Å². The minimum atomic E-state index is -0.931. The molecule has 0 heterocycles. The highest BCUT2D eigenvalue weighted by atomic mass is 19.2. The number of ether oxygens (including phenoxy) is 1. The van der Waals surface area contributed by atoms with Crippen LogP contribution in [-0.4, -0.2) is 6.61 Å². The molecule has 1 fully saturated rings. The van der Waals surface area contributed by atoms with Crippen LogP contribution >= 0.6 is 0 Å². The number of unbranched alkanes of at least 4 members (excludes halogenated alkanes) is 1. The van der Waals surface area contributed by atoms with E-state index in [0.29, 0.717) is 36.0 Å². The van der Waals surface area contributed by atoms with Gasteiger partial charge >= 0.3 is 0 Å². The van der Waals surface area contributed by atoms with E-state index in [1.54, 1.807) is 18.2 Å². The molecular formula is C32H36F4O. The number of hydrogen-bond donors (Lipinski definition) is 0. The predicted molar refractivity (Wildman–Crippen MR) is 141 cm³/mol. The molecule has 3 aromatic rings. The summed E-state index contributed by atoms with van der Waals surface area (Å²) < 4.78 is 64.6. The van der Waals surface area contributed by atoms with Crippen LogP contribution in [-0.2, 0) is 12.8 Å². The molecule has 5 heteroatoms. The Balaban J connectivity index is 1.35. The highest BCUT2D eigenvalue weighted by Gasteiger charge is 2.27. The van der Waals surface area contributed by atoms with Gasteiger partial charge in [-0.15, -0.1) is 0 Å². The molecule has 0 bridgehead atoms. The van der Waals surface area contributed by atoms with Gasteiger partial charge in [0.2, 0.25) is 5.82 Å². The minimum absolute atomic E-state index is 0.0636. The number of aryl methyl sites for hydroxylation is 2. The van der Waals surface area contributed by atoms with Crippen LogP contribution in [0.25, 0.3) is 11.1 Å². The van der Waals surface area contributed by atoms with E-state index in [2.05, 4.69) is 6.92 Å². The number of benzene rings is 3. The molecule has 0 aliphatic heterocycles. The topological polar surface area (TPSA) is 9.23 Å². The van der Waals surface area contributed by atoms with Crippen molar-refractivity contribution in [3.8, 4) is 16.9 Å². The Labute approximate surface area is 217 Å². The standard InChI is InChI=1S/C32H36F4O/c1-3-5-7-25-16-19-28(32(36)29(25)33)37-20-22-10-14-24(15-11-22)27-18-17-26(30(34)31(27)35)23-12-8-21(6-4-2)9-13-23/h8-9,12-13,16-19,22,24H,3-7,10-11,14-15,20H2,1-2H3. The summed E-state index contributed by atoms with van der Waals surface area (Å²) in [4.78, 5) is 0. The molecule has 0 N–H and O–H groups in total. The number of hydrogen-bond acceptors (Lipinski definition) is 1. The largest absolute Gasteiger partial charge is 0.490 e. The highest BCUT2D eigenvalue weighted by molar-refractivity contribution is 5.65. The van der Waals surface area contributed by atoms with Gasteiger partial charge in [-0.1, -0.05) is 69.2 Å². The fraction of sp³-hybridized carbons (Fsp3) is 0.438. The summed E-state index contributed by atoms with van der Waals surface area (Å²) >= 11 is 0. The zero-order chi connectivity index (χ0) is 26.4. The van der Waals surface area contributed by atoms with Crippen molar-refractivity contribution in [2.45, 2.75) is 77.6 Å². The van der Waals surface area contributed by atoms with Crippen molar-refractivity contribution in [3.05, 3.63) is 88.5 Å². The van der Waals surface area contributed by atoms with Crippen LogP contribution in [0.3, 0.4) is 0 Å². The van der Waals surface area contributed by atoms with Gasteiger partial charge in [0.1, 0.15) is 0 Å². The molecule has 0 amide bonds. The smallest absolute Gasteiger partial charge is 0.200 e. The lowest BCUT2D eigenvalue weighted by atomic mass is 9.78. The molecule has 0 atom stereocenters. The Bertz CT molecular complexity index is 1180. The molecular weight excluding hydrogens is 476 g/mol. The van der Waals surface area contributed by atoms with E-state index in [9.17, 15) is 8.78 Å². The van der Waals surface area contributed by atoms with Gasteiger partial charge in [-0.3, -0.25) is 0 Å². The first-order valence-electron chi connectivity index (χ1n) is 13.6. The highest BCUT2D eigenvalue weighted by Crippen LogP contribution is 2.39. The molecule has 0 unspecified atom stereocenters. The number of rotatable bonds is 10. The lowest BCUT2D eigenvalue weighted by Gasteiger charge is -2.29. The van der Waals surface area contributed by atoms with E-state index in [1.807, 2.05) is 31.2 Å². The van der Waals surface area contributed by atoms with Crippen molar-refractivity contribution < 1.29 is 22.3 Å². The summed E-state index contributed by atoms with van der Waals surface area (Å²) in [5, 5.41) is 0. The van der Waals surface area contributed by atoms with Gasteiger partial charge in [-0.25, -0.2) is 13.2 Å². The second-order valence-corrected chi connectivity index (χ2v) is 10.3. The van der Waals surface area contributed by atoms with Crippen molar-refractivity contribution in [1.82, 2.24) is 0 Å². The Morgan fingerprint density at radius 2 is 1.43 bits per heavy atom. The molecule has 0 aromatic heterocycles. The minimum Gasteiger partial charge on any atom is -0.490 e. The summed E-state index contributed by atoms with van der Waals surface area (Å²) in [5.74, 6) is -3.30. The van der Waals surface area contributed by atoms with E-state index in [1.165, 1.54) is 11.6 Å². The van der Waals surface area contributed by atoms with Gasteiger partial charge < -0.3 is 4.74 Å². The van der Waals surface area contributed by atoms with Crippen LogP contribution in [0.2, 0.25) is 0 Å². The third-order valence-electron chi connectivity index (χ3n) is 7.60. The van der Waals surface area contributed by atoms with Gasteiger partial charge in [0, 0.05) is 5.56 Å². The molecule has 0 saturated heterocycles. The first-order chi connectivity index (χ1) is 17.9. The van der Waals surface area contributed by atoms with Crippen molar-refractivity contribution >= 4 is 0 Å². The fourth-order valence-corrected chi connectivity index (χ4v) is 5.33. The Morgan fingerprint density at radius 1 is 0.703 bits per heavy atom. The first-order valence-corrected chi connectivity index (χ1v) is 13.6. The molecule has 3 aromatic carbocycles. The molecule has 4 rings (SSSR count). The first kappa shape index (κ1) is 27.2. The molecule has 198 valence electrons. The zero-order valence-corrected chi connectivity index (χ0v) is 21.8. The quantitative estimate of drug-likeness (QED) is 0.246. The number of halogens is 4. The van der Waals surface area contributed by atoms with Crippen LogP contribution in [0.5, 0.6) is 5.75 Å². The van der Waals surface area contributed by atoms with E-state index in [-0.39, 0.29) is 29.8 Å². The van der Waals surface area contributed by atoms with Gasteiger partial charge in [-0.05, 0) is 85.1 Å². The van der Waals surface area contributed by atoms with Gasteiger partial charge in [0.05, 0.1) is 6.61 Å². The second kappa shape index (κ2) is 12.6. The lowest BCUT2D eigenvalue weighted by Crippen LogP contribution is -2.20. The maximum absolute atomic E-state index is 15.1. The van der Waals surface area contributed by atoms with Gasteiger partial charge in [0.15, 0.2) is 23.2 Å². The second-order valence-electron chi connectivity index (χ2n) is 10.3. The van der Waals surface area contributed by atoms with Crippen LogP contribution < -0.4 is 4.74 Å². The summed E-state index contributed by atoms with van der Waals surface area (Å²) in [7, 11) is 0. The third kappa shape index (κ3) is 6.37. The van der Waals surface area contributed by atoms with E-state index < -0.39 is 23.3 Å². The third-order valence-corrected chi connectivity index (χ3v) is 7.60. The van der Waals surface area contributed by atoms with Crippen LogP contribution in [0.4, 0.5) is 17.6 Å². The zero-order valence-electron chi connectivity index (χ0n) is 21.8. The molecule has 1 saturated carbocycles. The molecule has 0 radical (unpaired) electrons. The maximum atomic E-state index is 15.1. The van der Waals surface area contributed by atoms with Crippen molar-refractivity contribution in [1.29, 1.82) is 0 Å². The Kier molecular flexibility index (Phi) is 9.28. The summed E-state index contributed by atoms with van der Waals surface area (Å²) in [6, 6.07) is 14.1. The Morgan fingerprint density at radius 3 is 2.11 bits per heavy atom. The van der Waals surface area contributed by atoms with Crippen LogP contribution in [0.1, 0.15) is 81.4 Å². The molecule has 1 aliphatic rings. The molecule has 1 aliphatic carbocycles. The lowest BCUT2D eigenvalue weighted by molar-refractivity contribution is 0.191. The van der Waals surface area contributed by atoms with Crippen LogP contribution in [0.15, 0.2) is 48.5 Å². The van der Waals surface area contributed by atoms with Crippen molar-refractivity contribution in [3.63, 3.8) is 0 Å². The average Bonchev–Trinajstić information content (AvgIpc) is 2.92. The van der Waals surface area contributed by atoms with E-state index in [4.69, 9.17) is 4.74 Å². The van der Waals surface area contributed by atoms with Crippen molar-refractivity contribution in [2.24, 2.45) is 5.92 Å². The monoisotopic (exact) mass is 512 g/mol. The fourth-order valence-electron chi connectivity index (χ4n) is 5.33. The molecule has 1 nitrogen and oxygen atoms in total. The predicted octanol–water partition coefficient (Wildman–Crippen LogP) is 9.56. The van der Waals surface area contributed by atoms with Gasteiger partial charge in [-0.2, -0.15) is 4.39 Å². The van der Waals surface area contributed by atoms with Crippen molar-refractivity contribution in [2.75, 3.05) is 6.61 Å². The van der Waals surface area contributed by atoms with E-state index >= 15 is 8.78 Å².